The normalized spacial score (nSPS) is 16.9. The van der Waals surface area contributed by atoms with E-state index in [1.165, 1.54) is 10.5 Å². The van der Waals surface area contributed by atoms with Gasteiger partial charge in [0.2, 0.25) is 0 Å². The Hall–Kier alpha value is -2.03. The van der Waals surface area contributed by atoms with Gasteiger partial charge in [0.05, 0.1) is 5.69 Å². The van der Waals surface area contributed by atoms with E-state index in [2.05, 4.69) is 60.7 Å². The lowest BCUT2D eigenvalue weighted by atomic mass is 10.0. The van der Waals surface area contributed by atoms with Crippen molar-refractivity contribution in [1.29, 1.82) is 0 Å². The maximum atomic E-state index is 6.04. The highest BCUT2D eigenvalue weighted by Gasteiger charge is 2.22. The Labute approximate surface area is 151 Å². The van der Waals surface area contributed by atoms with E-state index in [1.807, 2.05) is 30.0 Å². The zero-order valence-corrected chi connectivity index (χ0v) is 14.6. The average molecular weight is 350 g/mol. The molecule has 0 saturated heterocycles. The second-order valence-electron chi connectivity index (χ2n) is 5.75. The van der Waals surface area contributed by atoms with E-state index in [0.29, 0.717) is 5.25 Å². The summed E-state index contributed by atoms with van der Waals surface area (Å²) in [6.45, 7) is 0. The van der Waals surface area contributed by atoms with E-state index in [-0.39, 0.29) is 0 Å². The molecule has 118 valence electrons. The molecule has 1 atom stereocenters. The summed E-state index contributed by atoms with van der Waals surface area (Å²) >= 11 is 7.94. The standard InChI is InChI=1S/C21H16ClNS/c22-17-12-10-15(11-13-17)19-14-21(16-6-2-1-3-7-16)24-20-9-5-4-8-18(20)23-19/h1-13,21H,14H2. The summed E-state index contributed by atoms with van der Waals surface area (Å²) in [5.41, 5.74) is 4.63. The minimum absolute atomic E-state index is 0.351. The van der Waals surface area contributed by atoms with E-state index < -0.39 is 0 Å². The quantitative estimate of drug-likeness (QED) is 0.501. The number of nitrogens with zero attached hydrogens (tertiary/aromatic N) is 1. The van der Waals surface area contributed by atoms with Gasteiger partial charge in [-0.1, -0.05) is 66.2 Å². The number of rotatable bonds is 2. The summed E-state index contributed by atoms with van der Waals surface area (Å²) in [7, 11) is 0. The second-order valence-corrected chi connectivity index (χ2v) is 7.44. The molecule has 0 aromatic heterocycles. The monoisotopic (exact) mass is 349 g/mol. The van der Waals surface area contributed by atoms with Crippen LogP contribution in [-0.4, -0.2) is 5.71 Å². The minimum atomic E-state index is 0.351. The lowest BCUT2D eigenvalue weighted by molar-refractivity contribution is 1.01. The molecule has 0 fully saturated rings. The molecule has 1 aliphatic rings. The molecule has 1 heterocycles. The van der Waals surface area contributed by atoms with Crippen molar-refractivity contribution in [3.05, 3.63) is 95.0 Å². The molecule has 0 amide bonds. The van der Waals surface area contributed by atoms with Crippen LogP contribution in [0.2, 0.25) is 5.02 Å². The van der Waals surface area contributed by atoms with Crippen LogP contribution in [-0.2, 0) is 0 Å². The summed E-state index contributed by atoms with van der Waals surface area (Å²) in [6, 6.07) is 27.0. The van der Waals surface area contributed by atoms with Crippen molar-refractivity contribution in [1.82, 2.24) is 0 Å². The van der Waals surface area contributed by atoms with Gasteiger partial charge in [-0.25, -0.2) is 0 Å². The van der Waals surface area contributed by atoms with Crippen molar-refractivity contribution in [2.45, 2.75) is 16.6 Å². The van der Waals surface area contributed by atoms with Gasteiger partial charge in [0.15, 0.2) is 0 Å². The molecule has 0 spiro atoms. The molecule has 0 bridgehead atoms. The Balaban J connectivity index is 1.80. The molecule has 0 radical (unpaired) electrons. The largest absolute Gasteiger partial charge is 0.252 e. The molecule has 24 heavy (non-hydrogen) atoms. The molecule has 3 aromatic rings. The number of thioether (sulfide) groups is 1. The number of aliphatic imine (C=N–C) groups is 1. The van der Waals surface area contributed by atoms with Gasteiger partial charge in [0, 0.05) is 27.3 Å². The smallest absolute Gasteiger partial charge is 0.0769 e. The first-order chi connectivity index (χ1) is 11.8. The first-order valence-corrected chi connectivity index (χ1v) is 9.19. The molecular formula is C21H16ClNS. The summed E-state index contributed by atoms with van der Waals surface area (Å²) in [5, 5.41) is 1.10. The van der Waals surface area contributed by atoms with Gasteiger partial charge in [-0.2, -0.15) is 0 Å². The minimum Gasteiger partial charge on any atom is -0.252 e. The van der Waals surface area contributed by atoms with Crippen LogP contribution in [0.4, 0.5) is 5.69 Å². The third-order valence-corrected chi connectivity index (χ3v) is 5.69. The Morgan fingerprint density at radius 3 is 2.33 bits per heavy atom. The predicted molar refractivity (Wildman–Crippen MR) is 104 cm³/mol. The molecule has 0 aliphatic carbocycles. The summed E-state index contributed by atoms with van der Waals surface area (Å²) < 4.78 is 0. The van der Waals surface area contributed by atoms with Crippen LogP contribution in [0.5, 0.6) is 0 Å². The highest BCUT2D eigenvalue weighted by atomic mass is 35.5. The van der Waals surface area contributed by atoms with Crippen LogP contribution in [0.25, 0.3) is 0 Å². The third-order valence-electron chi connectivity index (χ3n) is 4.12. The van der Waals surface area contributed by atoms with Gasteiger partial charge in [0.25, 0.3) is 0 Å². The highest BCUT2D eigenvalue weighted by Crippen LogP contribution is 2.45. The predicted octanol–water partition coefficient (Wildman–Crippen LogP) is 6.70. The molecular weight excluding hydrogens is 334 g/mol. The lowest BCUT2D eigenvalue weighted by Gasteiger charge is -2.16. The van der Waals surface area contributed by atoms with Crippen LogP contribution in [0.15, 0.2) is 88.8 Å². The van der Waals surface area contributed by atoms with E-state index in [0.717, 1.165) is 28.4 Å². The first kappa shape index (κ1) is 15.5. The number of hydrogen-bond donors (Lipinski definition) is 0. The highest BCUT2D eigenvalue weighted by molar-refractivity contribution is 7.99. The second kappa shape index (κ2) is 6.84. The summed E-state index contributed by atoms with van der Waals surface area (Å²) in [5.74, 6) is 0. The van der Waals surface area contributed by atoms with Gasteiger partial charge in [-0.3, -0.25) is 4.99 Å². The molecule has 1 aliphatic heterocycles. The number of benzene rings is 3. The van der Waals surface area contributed by atoms with Crippen molar-refractivity contribution in [3.63, 3.8) is 0 Å². The number of halogens is 1. The van der Waals surface area contributed by atoms with E-state index in [9.17, 15) is 0 Å². The van der Waals surface area contributed by atoms with Gasteiger partial charge < -0.3 is 0 Å². The van der Waals surface area contributed by atoms with Crippen LogP contribution in [0.3, 0.4) is 0 Å². The summed E-state index contributed by atoms with van der Waals surface area (Å²) in [4.78, 5) is 6.20. The van der Waals surface area contributed by atoms with E-state index in [1.54, 1.807) is 0 Å². The van der Waals surface area contributed by atoms with Gasteiger partial charge in [-0.15, -0.1) is 11.8 Å². The van der Waals surface area contributed by atoms with Crippen molar-refractivity contribution >= 4 is 34.8 Å². The van der Waals surface area contributed by atoms with Crippen molar-refractivity contribution in [2.24, 2.45) is 4.99 Å². The number of para-hydroxylation sites is 1. The first-order valence-electron chi connectivity index (χ1n) is 7.94. The topological polar surface area (TPSA) is 12.4 Å². The van der Waals surface area contributed by atoms with Gasteiger partial charge in [0.1, 0.15) is 0 Å². The molecule has 3 heteroatoms. The SMILES string of the molecule is Clc1ccc(C2=Nc3ccccc3SC(c3ccccc3)C2)cc1. The molecule has 4 rings (SSSR count). The zero-order chi connectivity index (χ0) is 16.4. The maximum absolute atomic E-state index is 6.04. The fraction of sp³-hybridized carbons (Fsp3) is 0.0952. The molecule has 0 saturated carbocycles. The van der Waals surface area contributed by atoms with Crippen LogP contribution in [0, 0.1) is 0 Å². The molecule has 1 unspecified atom stereocenters. The van der Waals surface area contributed by atoms with Crippen LogP contribution < -0.4 is 0 Å². The number of hydrogen-bond acceptors (Lipinski definition) is 2. The Morgan fingerprint density at radius 1 is 0.833 bits per heavy atom. The Morgan fingerprint density at radius 2 is 1.54 bits per heavy atom. The fourth-order valence-electron chi connectivity index (χ4n) is 2.89. The third kappa shape index (κ3) is 3.26. The Bertz CT molecular complexity index is 872. The molecule has 0 N–H and O–H groups in total. The average Bonchev–Trinajstić information content (AvgIpc) is 2.83. The Kier molecular flexibility index (Phi) is 4.42. The van der Waals surface area contributed by atoms with Crippen molar-refractivity contribution in [2.75, 3.05) is 0 Å². The number of fused-ring (bicyclic) bond motifs is 1. The van der Waals surface area contributed by atoms with E-state index in [4.69, 9.17) is 16.6 Å². The maximum Gasteiger partial charge on any atom is 0.0769 e. The molecule has 3 aromatic carbocycles. The van der Waals surface area contributed by atoms with Crippen LogP contribution >= 0.6 is 23.4 Å². The summed E-state index contributed by atoms with van der Waals surface area (Å²) in [6.07, 6.45) is 0.894. The van der Waals surface area contributed by atoms with Crippen molar-refractivity contribution in [3.8, 4) is 0 Å². The lowest BCUT2D eigenvalue weighted by Crippen LogP contribution is -2.05. The van der Waals surface area contributed by atoms with Gasteiger partial charge in [-0.05, 0) is 35.4 Å². The van der Waals surface area contributed by atoms with Crippen molar-refractivity contribution < 1.29 is 0 Å². The van der Waals surface area contributed by atoms with Gasteiger partial charge >= 0.3 is 0 Å². The fourth-order valence-corrected chi connectivity index (χ4v) is 4.25. The van der Waals surface area contributed by atoms with Crippen LogP contribution in [0.1, 0.15) is 22.8 Å². The van der Waals surface area contributed by atoms with E-state index >= 15 is 0 Å². The zero-order valence-electron chi connectivity index (χ0n) is 13.0. The molecule has 1 nitrogen and oxygen atoms in total.